The summed E-state index contributed by atoms with van der Waals surface area (Å²) in [5.41, 5.74) is -0.711. The van der Waals surface area contributed by atoms with Crippen molar-refractivity contribution < 1.29 is 22.7 Å². The minimum atomic E-state index is -4.23. The van der Waals surface area contributed by atoms with Crippen molar-refractivity contribution in [3.05, 3.63) is 35.1 Å². The fourth-order valence-corrected chi connectivity index (χ4v) is 1.71. The van der Waals surface area contributed by atoms with Gasteiger partial charge < -0.3 is 5.11 Å². The highest BCUT2D eigenvalue weighted by Crippen LogP contribution is 2.30. The molecule has 0 amide bonds. The van der Waals surface area contributed by atoms with Crippen molar-refractivity contribution >= 4 is 0 Å². The summed E-state index contributed by atoms with van der Waals surface area (Å²) < 4.78 is 49.4. The molecule has 0 aliphatic rings. The molecular weight excluding hydrogens is 248 g/mol. The summed E-state index contributed by atoms with van der Waals surface area (Å²) in [6.45, 7) is 2.98. The van der Waals surface area contributed by atoms with E-state index < -0.39 is 24.0 Å². The minimum absolute atomic E-state index is 0.0605. The standard InChI is InChI=1S/C13H16F4O/c1-9-4-5-10(8-11(9)14)12(2,18)6-3-7-13(15,16)17/h4-5,8,18H,3,6-7H2,1-2H3. The Morgan fingerprint density at radius 3 is 2.28 bits per heavy atom. The smallest absolute Gasteiger partial charge is 0.385 e. The molecule has 1 unspecified atom stereocenters. The zero-order valence-electron chi connectivity index (χ0n) is 10.3. The van der Waals surface area contributed by atoms with Gasteiger partial charge in [-0.1, -0.05) is 12.1 Å². The number of hydrogen-bond acceptors (Lipinski definition) is 1. The van der Waals surface area contributed by atoms with Gasteiger partial charge in [0.2, 0.25) is 0 Å². The van der Waals surface area contributed by atoms with Crippen molar-refractivity contribution in [2.24, 2.45) is 0 Å². The number of aryl methyl sites for hydroxylation is 1. The first-order valence-corrected chi connectivity index (χ1v) is 5.67. The van der Waals surface area contributed by atoms with Crippen LogP contribution in [0, 0.1) is 12.7 Å². The quantitative estimate of drug-likeness (QED) is 0.813. The van der Waals surface area contributed by atoms with Crippen molar-refractivity contribution in [3.63, 3.8) is 0 Å². The van der Waals surface area contributed by atoms with Crippen LogP contribution in [0.5, 0.6) is 0 Å². The van der Waals surface area contributed by atoms with Crippen LogP contribution in [-0.4, -0.2) is 11.3 Å². The van der Waals surface area contributed by atoms with E-state index in [0.29, 0.717) is 11.1 Å². The number of aliphatic hydroxyl groups is 1. The number of benzene rings is 1. The van der Waals surface area contributed by atoms with Gasteiger partial charge in [0, 0.05) is 6.42 Å². The average Bonchev–Trinajstić information content (AvgIpc) is 2.19. The maximum Gasteiger partial charge on any atom is 0.389 e. The van der Waals surface area contributed by atoms with Crippen LogP contribution in [0.4, 0.5) is 17.6 Å². The maximum absolute atomic E-state index is 13.3. The summed E-state index contributed by atoms with van der Waals surface area (Å²) in [4.78, 5) is 0. The summed E-state index contributed by atoms with van der Waals surface area (Å²) in [5.74, 6) is -0.469. The molecule has 1 rings (SSSR count). The molecule has 1 atom stereocenters. The molecular formula is C13H16F4O. The fourth-order valence-electron chi connectivity index (χ4n) is 1.71. The number of hydrogen-bond donors (Lipinski definition) is 1. The lowest BCUT2D eigenvalue weighted by Crippen LogP contribution is -2.22. The van der Waals surface area contributed by atoms with Gasteiger partial charge in [-0.25, -0.2) is 4.39 Å². The Kier molecular flexibility index (Phi) is 4.37. The SMILES string of the molecule is Cc1ccc(C(C)(O)CCCC(F)(F)F)cc1F. The molecule has 102 valence electrons. The van der Waals surface area contributed by atoms with Crippen molar-refractivity contribution in [2.45, 2.75) is 44.9 Å². The van der Waals surface area contributed by atoms with E-state index >= 15 is 0 Å². The lowest BCUT2D eigenvalue weighted by molar-refractivity contribution is -0.137. The molecule has 0 aromatic heterocycles. The lowest BCUT2D eigenvalue weighted by Gasteiger charge is -2.24. The molecule has 0 aliphatic heterocycles. The minimum Gasteiger partial charge on any atom is -0.385 e. The van der Waals surface area contributed by atoms with Gasteiger partial charge in [0.15, 0.2) is 0 Å². The summed E-state index contributed by atoms with van der Waals surface area (Å²) >= 11 is 0. The molecule has 18 heavy (non-hydrogen) atoms. The highest BCUT2D eigenvalue weighted by atomic mass is 19.4. The molecule has 0 spiro atoms. The first-order chi connectivity index (χ1) is 8.12. The molecule has 0 bridgehead atoms. The first kappa shape index (κ1) is 15.0. The van der Waals surface area contributed by atoms with Gasteiger partial charge in [0.05, 0.1) is 5.60 Å². The van der Waals surface area contributed by atoms with Crippen LogP contribution in [0.25, 0.3) is 0 Å². The maximum atomic E-state index is 13.3. The summed E-state index contributed by atoms with van der Waals surface area (Å²) in [6, 6.07) is 4.21. The van der Waals surface area contributed by atoms with Gasteiger partial charge in [0.1, 0.15) is 5.82 Å². The third kappa shape index (κ3) is 4.29. The van der Waals surface area contributed by atoms with E-state index in [1.54, 1.807) is 6.92 Å². The second kappa shape index (κ2) is 5.26. The highest BCUT2D eigenvalue weighted by Gasteiger charge is 2.30. The van der Waals surface area contributed by atoms with E-state index in [-0.39, 0.29) is 12.8 Å². The van der Waals surface area contributed by atoms with E-state index in [4.69, 9.17) is 0 Å². The normalized spacial score (nSPS) is 15.5. The van der Waals surface area contributed by atoms with Gasteiger partial charge in [0.25, 0.3) is 0 Å². The number of alkyl halides is 3. The molecule has 1 aromatic carbocycles. The van der Waals surface area contributed by atoms with E-state index in [2.05, 4.69) is 0 Å². The lowest BCUT2D eigenvalue weighted by atomic mass is 9.90. The summed E-state index contributed by atoms with van der Waals surface area (Å²) in [7, 11) is 0. The predicted octanol–water partition coefficient (Wildman–Crippen LogP) is 4.07. The molecule has 0 saturated heterocycles. The molecule has 0 saturated carbocycles. The average molecular weight is 264 g/mol. The van der Waals surface area contributed by atoms with Gasteiger partial charge in [-0.3, -0.25) is 0 Å². The number of halogens is 4. The van der Waals surface area contributed by atoms with E-state index in [9.17, 15) is 22.7 Å². The Hall–Kier alpha value is -1.10. The van der Waals surface area contributed by atoms with E-state index in [1.165, 1.54) is 25.1 Å². The molecule has 0 heterocycles. The van der Waals surface area contributed by atoms with Crippen LogP contribution >= 0.6 is 0 Å². The molecule has 0 aliphatic carbocycles. The fraction of sp³-hybridized carbons (Fsp3) is 0.538. The van der Waals surface area contributed by atoms with E-state index in [1.807, 2.05) is 0 Å². The largest absolute Gasteiger partial charge is 0.389 e. The molecule has 1 N–H and O–H groups in total. The molecule has 5 heteroatoms. The van der Waals surface area contributed by atoms with Crippen LogP contribution in [-0.2, 0) is 5.60 Å². The van der Waals surface area contributed by atoms with Crippen LogP contribution in [0.1, 0.15) is 37.3 Å². The van der Waals surface area contributed by atoms with Crippen molar-refractivity contribution in [1.82, 2.24) is 0 Å². The summed E-state index contributed by atoms with van der Waals surface area (Å²) in [6.07, 6.45) is -5.42. The third-order valence-electron chi connectivity index (χ3n) is 2.92. The second-order valence-corrected chi connectivity index (χ2v) is 4.71. The Bertz CT molecular complexity index is 410. The van der Waals surface area contributed by atoms with Crippen LogP contribution in [0.3, 0.4) is 0 Å². The van der Waals surface area contributed by atoms with Gasteiger partial charge in [-0.15, -0.1) is 0 Å². The topological polar surface area (TPSA) is 20.2 Å². The third-order valence-corrected chi connectivity index (χ3v) is 2.92. The Morgan fingerprint density at radius 1 is 1.17 bits per heavy atom. The summed E-state index contributed by atoms with van der Waals surface area (Å²) in [5, 5.41) is 10.1. The molecule has 1 aromatic rings. The Balaban J connectivity index is 2.70. The molecule has 0 fully saturated rings. The van der Waals surface area contributed by atoms with Crippen LogP contribution in [0.15, 0.2) is 18.2 Å². The van der Waals surface area contributed by atoms with Crippen LogP contribution in [0.2, 0.25) is 0 Å². The highest BCUT2D eigenvalue weighted by molar-refractivity contribution is 5.27. The second-order valence-electron chi connectivity index (χ2n) is 4.71. The predicted molar refractivity (Wildman–Crippen MR) is 60.6 cm³/mol. The van der Waals surface area contributed by atoms with Gasteiger partial charge in [-0.2, -0.15) is 13.2 Å². The molecule has 1 nitrogen and oxygen atoms in total. The van der Waals surface area contributed by atoms with Crippen molar-refractivity contribution in [1.29, 1.82) is 0 Å². The molecule has 0 radical (unpaired) electrons. The van der Waals surface area contributed by atoms with E-state index in [0.717, 1.165) is 0 Å². The van der Waals surface area contributed by atoms with Gasteiger partial charge >= 0.3 is 6.18 Å². The van der Waals surface area contributed by atoms with Crippen molar-refractivity contribution in [2.75, 3.05) is 0 Å². The Labute approximate surface area is 103 Å². The van der Waals surface area contributed by atoms with Crippen LogP contribution < -0.4 is 0 Å². The first-order valence-electron chi connectivity index (χ1n) is 5.67. The van der Waals surface area contributed by atoms with Crippen molar-refractivity contribution in [3.8, 4) is 0 Å². The monoisotopic (exact) mass is 264 g/mol. The zero-order valence-corrected chi connectivity index (χ0v) is 10.3. The van der Waals surface area contributed by atoms with Gasteiger partial charge in [-0.05, 0) is 43.9 Å². The zero-order chi connectivity index (χ0) is 14.0. The Morgan fingerprint density at radius 2 is 1.78 bits per heavy atom. The number of rotatable bonds is 4.